The van der Waals surface area contributed by atoms with Gasteiger partial charge in [0.1, 0.15) is 0 Å². The number of allylic oxidation sites excluding steroid dienone is 1. The van der Waals surface area contributed by atoms with Gasteiger partial charge in [-0.2, -0.15) is 0 Å². The molecule has 2 unspecified atom stereocenters. The zero-order valence-electron chi connectivity index (χ0n) is 10.3. The minimum absolute atomic E-state index is 0.156. The predicted molar refractivity (Wildman–Crippen MR) is 64.0 cm³/mol. The molecule has 1 saturated carbocycles. The van der Waals surface area contributed by atoms with Crippen LogP contribution in [-0.4, -0.2) is 12.3 Å². The fourth-order valence-corrected chi connectivity index (χ4v) is 2.92. The quantitative estimate of drug-likeness (QED) is 0.473. The maximum Gasteiger partial charge on any atom is 0.0701 e. The summed E-state index contributed by atoms with van der Waals surface area (Å²) in [7, 11) is 0. The standard InChI is InChI=1S/C13H23N/c1-7-12(11(5)10(3)4)9-13(12,8-2)14-6/h6-9H2,1-5H3. The van der Waals surface area contributed by atoms with Gasteiger partial charge in [-0.25, -0.2) is 0 Å². The SMILES string of the molecule is C=NC1(CC)CC1(CC)C(C)=C(C)C. The average molecular weight is 193 g/mol. The van der Waals surface area contributed by atoms with E-state index in [2.05, 4.69) is 46.3 Å². The van der Waals surface area contributed by atoms with Gasteiger partial charge in [0.25, 0.3) is 0 Å². The molecule has 0 heterocycles. The van der Waals surface area contributed by atoms with Crippen LogP contribution >= 0.6 is 0 Å². The van der Waals surface area contributed by atoms with Crippen LogP contribution in [0, 0.1) is 5.41 Å². The van der Waals surface area contributed by atoms with E-state index in [4.69, 9.17) is 0 Å². The molecule has 1 aliphatic rings. The third kappa shape index (κ3) is 1.25. The molecule has 0 radical (unpaired) electrons. The predicted octanol–water partition coefficient (Wildman–Crippen LogP) is 3.99. The molecule has 0 bridgehead atoms. The van der Waals surface area contributed by atoms with Crippen molar-refractivity contribution in [2.45, 2.75) is 59.4 Å². The van der Waals surface area contributed by atoms with Crippen LogP contribution in [0.2, 0.25) is 0 Å². The molecule has 0 aliphatic heterocycles. The van der Waals surface area contributed by atoms with Crippen molar-refractivity contribution < 1.29 is 0 Å². The first-order valence-corrected chi connectivity index (χ1v) is 5.62. The molecular formula is C13H23N. The summed E-state index contributed by atoms with van der Waals surface area (Å²) in [6.07, 6.45) is 3.51. The highest BCUT2D eigenvalue weighted by atomic mass is 15.0. The first kappa shape index (κ1) is 11.5. The Balaban J connectivity index is 3.06. The van der Waals surface area contributed by atoms with Crippen LogP contribution in [0.5, 0.6) is 0 Å². The molecular weight excluding hydrogens is 170 g/mol. The van der Waals surface area contributed by atoms with Crippen LogP contribution in [0.15, 0.2) is 16.1 Å². The van der Waals surface area contributed by atoms with Crippen molar-refractivity contribution in [3.63, 3.8) is 0 Å². The van der Waals surface area contributed by atoms with Gasteiger partial charge in [-0.15, -0.1) is 0 Å². The van der Waals surface area contributed by atoms with E-state index in [1.54, 1.807) is 0 Å². The summed E-state index contributed by atoms with van der Waals surface area (Å²) >= 11 is 0. The monoisotopic (exact) mass is 193 g/mol. The number of rotatable bonds is 4. The molecule has 0 aromatic rings. The van der Waals surface area contributed by atoms with E-state index in [0.29, 0.717) is 5.41 Å². The van der Waals surface area contributed by atoms with Crippen LogP contribution in [0.3, 0.4) is 0 Å². The maximum atomic E-state index is 4.39. The Morgan fingerprint density at radius 1 is 1.21 bits per heavy atom. The molecule has 0 aromatic carbocycles. The Hall–Kier alpha value is -0.590. The van der Waals surface area contributed by atoms with Crippen LogP contribution in [0.25, 0.3) is 0 Å². The Bertz CT molecular complexity index is 273. The Kier molecular flexibility index (Phi) is 2.89. The summed E-state index contributed by atoms with van der Waals surface area (Å²) in [6, 6.07) is 0. The van der Waals surface area contributed by atoms with Gasteiger partial charge in [0, 0.05) is 5.41 Å². The molecule has 1 fully saturated rings. The zero-order chi connectivity index (χ0) is 11.0. The Labute approximate surface area is 88.3 Å². The van der Waals surface area contributed by atoms with Crippen molar-refractivity contribution in [1.82, 2.24) is 0 Å². The van der Waals surface area contributed by atoms with E-state index in [9.17, 15) is 0 Å². The molecule has 0 aromatic heterocycles. The van der Waals surface area contributed by atoms with Crippen molar-refractivity contribution in [2.75, 3.05) is 0 Å². The van der Waals surface area contributed by atoms with Crippen molar-refractivity contribution in [1.29, 1.82) is 0 Å². The summed E-state index contributed by atoms with van der Waals surface area (Å²) in [5.41, 5.74) is 3.48. The van der Waals surface area contributed by atoms with E-state index in [-0.39, 0.29) is 5.54 Å². The molecule has 14 heavy (non-hydrogen) atoms. The van der Waals surface area contributed by atoms with Crippen LogP contribution in [0.4, 0.5) is 0 Å². The van der Waals surface area contributed by atoms with Gasteiger partial charge >= 0.3 is 0 Å². The van der Waals surface area contributed by atoms with Gasteiger partial charge in [0.15, 0.2) is 0 Å². The van der Waals surface area contributed by atoms with Crippen LogP contribution in [-0.2, 0) is 0 Å². The Morgan fingerprint density at radius 2 is 1.79 bits per heavy atom. The van der Waals surface area contributed by atoms with Crippen molar-refractivity contribution in [3.8, 4) is 0 Å². The van der Waals surface area contributed by atoms with E-state index >= 15 is 0 Å². The number of nitrogens with zero attached hydrogens (tertiary/aromatic N) is 1. The van der Waals surface area contributed by atoms with Gasteiger partial charge < -0.3 is 0 Å². The van der Waals surface area contributed by atoms with Crippen molar-refractivity contribution >= 4 is 6.72 Å². The van der Waals surface area contributed by atoms with Gasteiger partial charge in [0.2, 0.25) is 0 Å². The minimum atomic E-state index is 0.156. The molecule has 1 nitrogen and oxygen atoms in total. The normalized spacial score (nSPS) is 35.2. The lowest BCUT2D eigenvalue weighted by Gasteiger charge is -2.23. The number of aliphatic imine (C=N–C) groups is 1. The molecule has 80 valence electrons. The highest BCUT2D eigenvalue weighted by Crippen LogP contribution is 2.67. The second-order valence-corrected chi connectivity index (χ2v) is 4.78. The summed E-state index contributed by atoms with van der Waals surface area (Å²) in [5.74, 6) is 0. The molecule has 0 N–H and O–H groups in total. The molecule has 1 aliphatic carbocycles. The lowest BCUT2D eigenvalue weighted by Crippen LogP contribution is -2.18. The van der Waals surface area contributed by atoms with Gasteiger partial charge in [-0.1, -0.05) is 25.0 Å². The zero-order valence-corrected chi connectivity index (χ0v) is 10.3. The fourth-order valence-electron chi connectivity index (χ4n) is 2.92. The highest BCUT2D eigenvalue weighted by molar-refractivity contribution is 5.41. The summed E-state index contributed by atoms with van der Waals surface area (Å²) in [5, 5.41) is 0. The van der Waals surface area contributed by atoms with Gasteiger partial charge in [-0.05, 0) is 46.8 Å². The van der Waals surface area contributed by atoms with E-state index < -0.39 is 0 Å². The fraction of sp³-hybridized carbons (Fsp3) is 0.769. The molecule has 0 spiro atoms. The van der Waals surface area contributed by atoms with Crippen LogP contribution in [0.1, 0.15) is 53.9 Å². The molecule has 1 heteroatoms. The number of hydrogen-bond donors (Lipinski definition) is 0. The third-order valence-electron chi connectivity index (χ3n) is 4.32. The van der Waals surface area contributed by atoms with E-state index in [1.165, 1.54) is 24.0 Å². The average Bonchev–Trinajstić information content (AvgIpc) is 2.87. The lowest BCUT2D eigenvalue weighted by molar-refractivity contribution is 0.453. The highest BCUT2D eigenvalue weighted by Gasteiger charge is 2.65. The number of hydrogen-bond acceptors (Lipinski definition) is 1. The van der Waals surface area contributed by atoms with E-state index in [1.807, 2.05) is 0 Å². The topological polar surface area (TPSA) is 12.4 Å². The summed E-state index contributed by atoms with van der Waals surface area (Å²) in [4.78, 5) is 4.39. The van der Waals surface area contributed by atoms with Crippen molar-refractivity contribution in [2.24, 2.45) is 10.4 Å². The minimum Gasteiger partial charge on any atom is -0.293 e. The smallest absolute Gasteiger partial charge is 0.0701 e. The summed E-state index contributed by atoms with van der Waals surface area (Å²) in [6.45, 7) is 14.9. The largest absolute Gasteiger partial charge is 0.293 e. The second kappa shape index (κ2) is 3.52. The molecule has 1 rings (SSSR count). The van der Waals surface area contributed by atoms with Crippen molar-refractivity contribution in [3.05, 3.63) is 11.1 Å². The molecule has 0 saturated heterocycles. The first-order chi connectivity index (χ1) is 6.49. The van der Waals surface area contributed by atoms with Gasteiger partial charge in [-0.3, -0.25) is 4.99 Å². The van der Waals surface area contributed by atoms with Gasteiger partial charge in [0.05, 0.1) is 5.54 Å². The lowest BCUT2D eigenvalue weighted by atomic mass is 9.85. The molecule has 0 amide bonds. The second-order valence-electron chi connectivity index (χ2n) is 4.78. The third-order valence-corrected chi connectivity index (χ3v) is 4.32. The van der Waals surface area contributed by atoms with E-state index in [0.717, 1.165) is 6.42 Å². The summed E-state index contributed by atoms with van der Waals surface area (Å²) < 4.78 is 0. The van der Waals surface area contributed by atoms with Crippen LogP contribution < -0.4 is 0 Å². The first-order valence-electron chi connectivity index (χ1n) is 5.62. The Morgan fingerprint density at radius 3 is 2.00 bits per heavy atom. The molecule has 2 atom stereocenters. The maximum absolute atomic E-state index is 4.39.